The number of nitrogens with zero attached hydrogens (tertiary/aromatic N) is 2. The van der Waals surface area contributed by atoms with Crippen molar-refractivity contribution >= 4 is 5.69 Å². The van der Waals surface area contributed by atoms with Crippen molar-refractivity contribution in [3.05, 3.63) is 41.5 Å². The Kier molecular flexibility index (Phi) is 2.92. The Labute approximate surface area is 117 Å². The van der Waals surface area contributed by atoms with Crippen LogP contribution in [0.25, 0.3) is 0 Å². The van der Waals surface area contributed by atoms with Crippen molar-refractivity contribution in [3.8, 4) is 0 Å². The maximum absolute atomic E-state index is 5.48. The molecule has 0 aliphatic carbocycles. The van der Waals surface area contributed by atoms with E-state index in [0.717, 1.165) is 31.7 Å². The number of ether oxygens (including phenoxy) is 1. The van der Waals surface area contributed by atoms with Gasteiger partial charge in [-0.3, -0.25) is 0 Å². The molecular formula is C15H17N3O2. The number of anilines is 1. The summed E-state index contributed by atoms with van der Waals surface area (Å²) in [4.78, 5) is 4.58. The van der Waals surface area contributed by atoms with E-state index in [-0.39, 0.29) is 12.0 Å². The molecule has 0 radical (unpaired) electrons. The molecule has 2 unspecified atom stereocenters. The SMILES string of the molecule is c1ccc2c(c1)CC(c1nc(C3CCCOC3)no1)N2. The molecule has 1 N–H and O–H groups in total. The predicted octanol–water partition coefficient (Wildman–Crippen LogP) is 2.67. The number of hydrogen-bond acceptors (Lipinski definition) is 5. The van der Waals surface area contributed by atoms with Gasteiger partial charge in [-0.15, -0.1) is 0 Å². The summed E-state index contributed by atoms with van der Waals surface area (Å²) >= 11 is 0. The van der Waals surface area contributed by atoms with Crippen LogP contribution in [0.2, 0.25) is 0 Å². The minimum absolute atomic E-state index is 0.0955. The van der Waals surface area contributed by atoms with Crippen LogP contribution in [-0.4, -0.2) is 23.4 Å². The highest BCUT2D eigenvalue weighted by Crippen LogP contribution is 2.34. The summed E-state index contributed by atoms with van der Waals surface area (Å²) in [5, 5.41) is 7.58. The first-order valence-corrected chi connectivity index (χ1v) is 7.16. The summed E-state index contributed by atoms with van der Waals surface area (Å²) in [6.45, 7) is 1.55. The normalized spacial score (nSPS) is 25.2. The number of aromatic nitrogens is 2. The lowest BCUT2D eigenvalue weighted by molar-refractivity contribution is 0.0773. The van der Waals surface area contributed by atoms with Crippen molar-refractivity contribution in [1.82, 2.24) is 10.1 Å². The Morgan fingerprint density at radius 3 is 3.05 bits per heavy atom. The van der Waals surface area contributed by atoms with Crippen LogP contribution in [0.4, 0.5) is 5.69 Å². The molecule has 0 spiro atoms. The van der Waals surface area contributed by atoms with Gasteiger partial charge in [-0.1, -0.05) is 23.4 Å². The number of nitrogens with one attached hydrogen (secondary N) is 1. The van der Waals surface area contributed by atoms with Crippen molar-refractivity contribution < 1.29 is 9.26 Å². The Hall–Kier alpha value is -1.88. The smallest absolute Gasteiger partial charge is 0.249 e. The van der Waals surface area contributed by atoms with Crippen LogP contribution in [0, 0.1) is 0 Å². The van der Waals surface area contributed by atoms with Crippen molar-refractivity contribution in [2.24, 2.45) is 0 Å². The van der Waals surface area contributed by atoms with Gasteiger partial charge in [0.05, 0.1) is 6.61 Å². The van der Waals surface area contributed by atoms with Crippen LogP contribution in [-0.2, 0) is 11.2 Å². The molecule has 1 fully saturated rings. The number of para-hydroxylation sites is 1. The Morgan fingerprint density at radius 2 is 2.20 bits per heavy atom. The molecule has 2 aromatic rings. The van der Waals surface area contributed by atoms with E-state index in [9.17, 15) is 0 Å². The van der Waals surface area contributed by atoms with Gasteiger partial charge in [-0.25, -0.2) is 0 Å². The highest BCUT2D eigenvalue weighted by Gasteiger charge is 2.28. The van der Waals surface area contributed by atoms with E-state index >= 15 is 0 Å². The number of hydrogen-bond donors (Lipinski definition) is 1. The lowest BCUT2D eigenvalue weighted by Gasteiger charge is -2.18. The Morgan fingerprint density at radius 1 is 1.25 bits per heavy atom. The summed E-state index contributed by atoms with van der Waals surface area (Å²) in [5.74, 6) is 1.75. The Balaban J connectivity index is 1.52. The van der Waals surface area contributed by atoms with Gasteiger partial charge < -0.3 is 14.6 Å². The maximum Gasteiger partial charge on any atom is 0.249 e. The third kappa shape index (κ3) is 2.08. The van der Waals surface area contributed by atoms with Crippen molar-refractivity contribution in [1.29, 1.82) is 0 Å². The maximum atomic E-state index is 5.48. The van der Waals surface area contributed by atoms with Gasteiger partial charge >= 0.3 is 0 Å². The fourth-order valence-electron chi connectivity index (χ4n) is 2.95. The van der Waals surface area contributed by atoms with E-state index in [2.05, 4.69) is 33.7 Å². The molecule has 4 rings (SSSR count). The van der Waals surface area contributed by atoms with E-state index in [1.807, 2.05) is 6.07 Å². The average molecular weight is 271 g/mol. The van der Waals surface area contributed by atoms with E-state index < -0.39 is 0 Å². The minimum atomic E-state index is 0.0955. The molecule has 5 heteroatoms. The fraction of sp³-hybridized carbons (Fsp3) is 0.467. The minimum Gasteiger partial charge on any atom is -0.381 e. The lowest BCUT2D eigenvalue weighted by Crippen LogP contribution is -2.16. The summed E-state index contributed by atoms with van der Waals surface area (Å²) in [5.41, 5.74) is 2.47. The molecule has 2 aliphatic heterocycles. The highest BCUT2D eigenvalue weighted by molar-refractivity contribution is 5.56. The molecule has 1 aromatic heterocycles. The topological polar surface area (TPSA) is 60.2 Å². The van der Waals surface area contributed by atoms with Crippen LogP contribution in [0.3, 0.4) is 0 Å². The monoisotopic (exact) mass is 271 g/mol. The second-order valence-electron chi connectivity index (χ2n) is 5.46. The third-order valence-corrected chi connectivity index (χ3v) is 4.05. The first kappa shape index (κ1) is 11.9. The molecule has 0 bridgehead atoms. The molecule has 3 heterocycles. The van der Waals surface area contributed by atoms with Crippen molar-refractivity contribution in [2.75, 3.05) is 18.5 Å². The third-order valence-electron chi connectivity index (χ3n) is 4.05. The molecule has 0 amide bonds. The first-order chi connectivity index (χ1) is 9.90. The zero-order valence-corrected chi connectivity index (χ0v) is 11.2. The number of rotatable bonds is 2. The summed E-state index contributed by atoms with van der Waals surface area (Å²) in [6, 6.07) is 8.41. The van der Waals surface area contributed by atoms with E-state index in [4.69, 9.17) is 9.26 Å². The predicted molar refractivity (Wildman–Crippen MR) is 73.6 cm³/mol. The average Bonchev–Trinajstić information content (AvgIpc) is 3.14. The van der Waals surface area contributed by atoms with E-state index in [1.54, 1.807) is 0 Å². The molecule has 2 aliphatic rings. The van der Waals surface area contributed by atoms with Crippen molar-refractivity contribution in [3.63, 3.8) is 0 Å². The fourth-order valence-corrected chi connectivity index (χ4v) is 2.95. The van der Waals surface area contributed by atoms with Gasteiger partial charge in [-0.2, -0.15) is 4.98 Å². The van der Waals surface area contributed by atoms with Crippen molar-refractivity contribution in [2.45, 2.75) is 31.2 Å². The molecule has 1 saturated heterocycles. The van der Waals surface area contributed by atoms with Crippen LogP contribution in [0.1, 0.15) is 42.1 Å². The second-order valence-corrected chi connectivity index (χ2v) is 5.46. The number of benzene rings is 1. The van der Waals surface area contributed by atoms with E-state index in [0.29, 0.717) is 12.5 Å². The summed E-state index contributed by atoms with van der Waals surface area (Å²) in [7, 11) is 0. The highest BCUT2D eigenvalue weighted by atomic mass is 16.5. The van der Waals surface area contributed by atoms with Gasteiger partial charge in [0.25, 0.3) is 0 Å². The van der Waals surface area contributed by atoms with Crippen LogP contribution >= 0.6 is 0 Å². The molecule has 2 atom stereocenters. The number of fused-ring (bicyclic) bond motifs is 1. The zero-order chi connectivity index (χ0) is 13.4. The van der Waals surface area contributed by atoms with Gasteiger partial charge in [0, 0.05) is 24.6 Å². The first-order valence-electron chi connectivity index (χ1n) is 7.16. The summed E-state index contributed by atoms with van der Waals surface area (Å²) < 4.78 is 10.9. The van der Waals surface area contributed by atoms with Crippen LogP contribution < -0.4 is 5.32 Å². The van der Waals surface area contributed by atoms with E-state index in [1.165, 1.54) is 11.3 Å². The molecule has 104 valence electrons. The molecule has 5 nitrogen and oxygen atoms in total. The molecule has 1 aromatic carbocycles. The molecule has 20 heavy (non-hydrogen) atoms. The van der Waals surface area contributed by atoms with Gasteiger partial charge in [0.1, 0.15) is 6.04 Å². The van der Waals surface area contributed by atoms with Gasteiger partial charge in [0.2, 0.25) is 5.89 Å². The quantitative estimate of drug-likeness (QED) is 0.910. The van der Waals surface area contributed by atoms with Crippen LogP contribution in [0.5, 0.6) is 0 Å². The summed E-state index contributed by atoms with van der Waals surface area (Å²) in [6.07, 6.45) is 3.05. The van der Waals surface area contributed by atoms with Gasteiger partial charge in [0.15, 0.2) is 5.82 Å². The molecular weight excluding hydrogens is 254 g/mol. The second kappa shape index (κ2) is 4.90. The standard InChI is InChI=1S/C15H17N3O2/c1-2-6-12-10(4-1)8-13(16-12)15-17-14(18-20-15)11-5-3-7-19-9-11/h1-2,4,6,11,13,16H,3,5,7-9H2. The zero-order valence-electron chi connectivity index (χ0n) is 11.2. The largest absolute Gasteiger partial charge is 0.381 e. The lowest BCUT2D eigenvalue weighted by atomic mass is 10.0. The molecule has 0 saturated carbocycles. The van der Waals surface area contributed by atoms with Crippen LogP contribution in [0.15, 0.2) is 28.8 Å². The Bertz CT molecular complexity index is 580. The van der Waals surface area contributed by atoms with Gasteiger partial charge in [-0.05, 0) is 24.5 Å².